The second-order valence-electron chi connectivity index (χ2n) is 7.54. The summed E-state index contributed by atoms with van der Waals surface area (Å²) in [5.74, 6) is 1.52. The Balaban J connectivity index is 0.00000192. The molecular formula is C17H33IN4O. The van der Waals surface area contributed by atoms with Crippen LogP contribution in [0.3, 0.4) is 0 Å². The van der Waals surface area contributed by atoms with Crippen LogP contribution in [-0.2, 0) is 0 Å². The average molecular weight is 436 g/mol. The van der Waals surface area contributed by atoms with E-state index in [0.717, 1.165) is 50.8 Å². The molecule has 2 unspecified atom stereocenters. The molecule has 0 aromatic carbocycles. The van der Waals surface area contributed by atoms with E-state index in [1.54, 1.807) is 0 Å². The van der Waals surface area contributed by atoms with Gasteiger partial charge in [-0.2, -0.15) is 0 Å². The molecule has 3 N–H and O–H groups in total. The monoisotopic (exact) mass is 436 g/mol. The Morgan fingerprint density at radius 2 is 1.96 bits per heavy atom. The van der Waals surface area contributed by atoms with Crippen LogP contribution in [0, 0.1) is 5.92 Å². The number of rotatable bonds is 5. The molecule has 0 radical (unpaired) electrons. The maximum atomic E-state index is 10.5. The molecule has 2 saturated carbocycles. The minimum absolute atomic E-state index is 0. The highest BCUT2D eigenvalue weighted by molar-refractivity contribution is 14.0. The maximum Gasteiger partial charge on any atom is 0.191 e. The fraction of sp³-hybridized carbons (Fsp3) is 0.941. The highest BCUT2D eigenvalue weighted by atomic mass is 127. The van der Waals surface area contributed by atoms with E-state index in [4.69, 9.17) is 0 Å². The van der Waals surface area contributed by atoms with Crippen molar-refractivity contribution in [3.8, 4) is 0 Å². The zero-order valence-electron chi connectivity index (χ0n) is 14.6. The van der Waals surface area contributed by atoms with Gasteiger partial charge >= 0.3 is 0 Å². The zero-order valence-corrected chi connectivity index (χ0v) is 16.9. The molecule has 3 rings (SSSR count). The predicted octanol–water partition coefficient (Wildman–Crippen LogP) is 1.95. The van der Waals surface area contributed by atoms with E-state index in [1.807, 2.05) is 0 Å². The summed E-state index contributed by atoms with van der Waals surface area (Å²) in [6, 6.07) is 1.31. The van der Waals surface area contributed by atoms with Crippen molar-refractivity contribution in [3.05, 3.63) is 0 Å². The molecule has 0 aromatic rings. The van der Waals surface area contributed by atoms with Crippen molar-refractivity contribution in [1.82, 2.24) is 15.5 Å². The number of aliphatic imine (C=N–C) groups is 1. The third-order valence-corrected chi connectivity index (χ3v) is 5.44. The van der Waals surface area contributed by atoms with Crippen LogP contribution in [0.15, 0.2) is 4.99 Å². The average Bonchev–Trinajstić information content (AvgIpc) is 3.16. The molecular weight excluding hydrogens is 403 g/mol. The van der Waals surface area contributed by atoms with E-state index in [0.29, 0.717) is 18.5 Å². The van der Waals surface area contributed by atoms with E-state index >= 15 is 0 Å². The van der Waals surface area contributed by atoms with Crippen molar-refractivity contribution in [2.75, 3.05) is 26.2 Å². The van der Waals surface area contributed by atoms with Gasteiger partial charge in [0.2, 0.25) is 0 Å². The number of likely N-dealkylation sites (tertiary alicyclic amines) is 1. The van der Waals surface area contributed by atoms with Gasteiger partial charge in [-0.05, 0) is 38.5 Å². The van der Waals surface area contributed by atoms with Crippen molar-refractivity contribution in [2.24, 2.45) is 10.9 Å². The molecule has 0 aromatic heterocycles. The summed E-state index contributed by atoms with van der Waals surface area (Å²) in [4.78, 5) is 7.30. The maximum absolute atomic E-state index is 10.5. The normalized spacial score (nSPS) is 31.0. The van der Waals surface area contributed by atoms with E-state index in [2.05, 4.69) is 34.4 Å². The van der Waals surface area contributed by atoms with Crippen LogP contribution >= 0.6 is 24.0 Å². The Hall–Kier alpha value is -0.0800. The second kappa shape index (κ2) is 8.34. The number of hydrogen-bond acceptors (Lipinski definition) is 3. The minimum atomic E-state index is -0.566. The zero-order chi connectivity index (χ0) is 15.6. The number of hydrogen-bond donors (Lipinski definition) is 3. The van der Waals surface area contributed by atoms with Gasteiger partial charge in [-0.25, -0.2) is 0 Å². The molecule has 2 atom stereocenters. The van der Waals surface area contributed by atoms with Gasteiger partial charge in [0, 0.05) is 31.7 Å². The first-order valence-corrected chi connectivity index (χ1v) is 9.11. The first kappa shape index (κ1) is 19.2. The molecule has 1 heterocycles. The first-order chi connectivity index (χ1) is 10.6. The van der Waals surface area contributed by atoms with Crippen LogP contribution in [0.25, 0.3) is 0 Å². The topological polar surface area (TPSA) is 59.9 Å². The third-order valence-electron chi connectivity index (χ3n) is 5.44. The van der Waals surface area contributed by atoms with Crippen molar-refractivity contribution >= 4 is 29.9 Å². The van der Waals surface area contributed by atoms with E-state index in [-0.39, 0.29) is 24.0 Å². The van der Waals surface area contributed by atoms with Crippen molar-refractivity contribution in [2.45, 2.75) is 70.1 Å². The summed E-state index contributed by atoms with van der Waals surface area (Å²) in [6.45, 7) is 8.13. The molecule has 23 heavy (non-hydrogen) atoms. The van der Waals surface area contributed by atoms with Gasteiger partial charge in [0.15, 0.2) is 5.96 Å². The second-order valence-corrected chi connectivity index (χ2v) is 7.54. The molecule has 6 heteroatoms. The molecule has 0 spiro atoms. The molecule has 134 valence electrons. The SMILES string of the molecule is CCNC(=NCC1(O)CCCC1)NC1CN(C2CC2)CC1C.I. The Bertz CT molecular complexity index is 407. The number of halogens is 1. The van der Waals surface area contributed by atoms with Crippen molar-refractivity contribution in [3.63, 3.8) is 0 Å². The Morgan fingerprint density at radius 1 is 1.26 bits per heavy atom. The van der Waals surface area contributed by atoms with Gasteiger partial charge in [0.1, 0.15) is 0 Å². The largest absolute Gasteiger partial charge is 0.388 e. The fourth-order valence-electron chi connectivity index (χ4n) is 3.84. The predicted molar refractivity (Wildman–Crippen MR) is 105 cm³/mol. The van der Waals surface area contributed by atoms with Crippen LogP contribution in [0.5, 0.6) is 0 Å². The summed E-state index contributed by atoms with van der Waals surface area (Å²) in [5.41, 5.74) is -0.566. The number of nitrogens with one attached hydrogen (secondary N) is 2. The van der Waals surface area contributed by atoms with Gasteiger partial charge in [-0.1, -0.05) is 19.8 Å². The molecule has 0 bridgehead atoms. The lowest BCUT2D eigenvalue weighted by Crippen LogP contribution is -2.47. The molecule has 2 aliphatic carbocycles. The van der Waals surface area contributed by atoms with Gasteiger partial charge in [-0.3, -0.25) is 9.89 Å². The third kappa shape index (κ3) is 5.19. The summed E-state index contributed by atoms with van der Waals surface area (Å²) in [6.07, 6.45) is 6.80. The number of guanidine groups is 1. The van der Waals surface area contributed by atoms with E-state index < -0.39 is 5.60 Å². The molecule has 3 fully saturated rings. The van der Waals surface area contributed by atoms with Gasteiger partial charge < -0.3 is 15.7 Å². The Morgan fingerprint density at radius 3 is 2.57 bits per heavy atom. The molecule has 1 saturated heterocycles. The lowest BCUT2D eigenvalue weighted by molar-refractivity contribution is 0.0574. The van der Waals surface area contributed by atoms with Gasteiger partial charge in [0.25, 0.3) is 0 Å². The summed E-state index contributed by atoms with van der Waals surface area (Å²) in [5, 5.41) is 17.4. The molecule has 3 aliphatic rings. The van der Waals surface area contributed by atoms with Crippen LogP contribution < -0.4 is 10.6 Å². The summed E-state index contributed by atoms with van der Waals surface area (Å²) >= 11 is 0. The van der Waals surface area contributed by atoms with Crippen LogP contribution in [-0.4, -0.2) is 59.8 Å². The van der Waals surface area contributed by atoms with Crippen LogP contribution in [0.2, 0.25) is 0 Å². The first-order valence-electron chi connectivity index (χ1n) is 9.11. The molecule has 0 amide bonds. The van der Waals surface area contributed by atoms with Crippen LogP contribution in [0.1, 0.15) is 52.4 Å². The van der Waals surface area contributed by atoms with E-state index in [9.17, 15) is 5.11 Å². The van der Waals surface area contributed by atoms with Crippen molar-refractivity contribution in [1.29, 1.82) is 0 Å². The quantitative estimate of drug-likeness (QED) is 0.350. The minimum Gasteiger partial charge on any atom is -0.388 e. The van der Waals surface area contributed by atoms with Gasteiger partial charge in [-0.15, -0.1) is 24.0 Å². The van der Waals surface area contributed by atoms with Gasteiger partial charge in [0.05, 0.1) is 12.1 Å². The summed E-state index contributed by atoms with van der Waals surface area (Å²) < 4.78 is 0. The Labute approximate surface area is 157 Å². The standard InChI is InChI=1S/C17H32N4O.HI/c1-3-18-16(19-12-17(22)8-4-5-9-17)20-15-11-21(10-13(15)2)14-6-7-14;/h13-15,22H,3-12H2,1-2H3,(H2,18,19,20);1H. The lowest BCUT2D eigenvalue weighted by Gasteiger charge is -2.23. The summed E-state index contributed by atoms with van der Waals surface area (Å²) in [7, 11) is 0. The fourth-order valence-corrected chi connectivity index (χ4v) is 3.84. The van der Waals surface area contributed by atoms with Crippen LogP contribution in [0.4, 0.5) is 0 Å². The van der Waals surface area contributed by atoms with Crippen molar-refractivity contribution < 1.29 is 5.11 Å². The smallest absolute Gasteiger partial charge is 0.191 e. The molecule has 1 aliphatic heterocycles. The van der Waals surface area contributed by atoms with E-state index in [1.165, 1.54) is 19.4 Å². The molecule has 5 nitrogen and oxygen atoms in total. The number of aliphatic hydroxyl groups is 1. The highest BCUT2D eigenvalue weighted by Gasteiger charge is 2.38. The highest BCUT2D eigenvalue weighted by Crippen LogP contribution is 2.32. The lowest BCUT2D eigenvalue weighted by atomic mass is 10.0. The number of nitrogens with zero attached hydrogens (tertiary/aromatic N) is 2. The Kier molecular flexibility index (Phi) is 6.98.